The van der Waals surface area contributed by atoms with Crippen molar-refractivity contribution in [1.82, 2.24) is 0 Å². The van der Waals surface area contributed by atoms with Crippen LogP contribution in [0.5, 0.6) is 5.75 Å². The summed E-state index contributed by atoms with van der Waals surface area (Å²) < 4.78 is 5.15. The number of carbonyl (C=O) groups is 1. The Morgan fingerprint density at radius 1 is 1.15 bits per heavy atom. The van der Waals surface area contributed by atoms with Crippen LogP contribution in [-0.2, 0) is 0 Å². The van der Waals surface area contributed by atoms with Crippen LogP contribution < -0.4 is 22.5 Å². The van der Waals surface area contributed by atoms with E-state index in [0.717, 1.165) is 16.7 Å². The molecule has 0 radical (unpaired) electrons. The van der Waals surface area contributed by atoms with Crippen molar-refractivity contribution in [2.75, 3.05) is 20.2 Å². The minimum Gasteiger partial charge on any atom is -1.00 e. The Kier molecular flexibility index (Phi) is 8.79. The van der Waals surface area contributed by atoms with Gasteiger partial charge in [0.1, 0.15) is 18.4 Å². The molecule has 1 atom stereocenters. The molecule has 4 nitrogen and oxygen atoms in total. The molecule has 1 unspecified atom stereocenters. The molecule has 0 aromatic heterocycles. The van der Waals surface area contributed by atoms with Crippen LogP contribution in [-0.4, -0.2) is 31.1 Å². The summed E-state index contributed by atoms with van der Waals surface area (Å²) >= 11 is 0. The number of aryl methyl sites for hydroxylation is 3. The van der Waals surface area contributed by atoms with Crippen molar-refractivity contribution in [3.63, 3.8) is 0 Å². The first kappa shape index (κ1) is 22.2. The van der Waals surface area contributed by atoms with Gasteiger partial charge < -0.3 is 27.6 Å². The summed E-state index contributed by atoms with van der Waals surface area (Å²) in [5.41, 5.74) is 5.11. The van der Waals surface area contributed by atoms with E-state index >= 15 is 0 Å². The number of quaternary nitrogens is 1. The van der Waals surface area contributed by atoms with Crippen molar-refractivity contribution in [2.45, 2.75) is 33.3 Å². The Morgan fingerprint density at radius 3 is 2.42 bits per heavy atom. The topological polar surface area (TPSA) is 63.1 Å². The van der Waals surface area contributed by atoms with Gasteiger partial charge in [-0.15, -0.1) is 0 Å². The normalized spacial score (nSPS) is 11.6. The highest BCUT2D eigenvalue weighted by Gasteiger charge is 2.16. The second kappa shape index (κ2) is 10.3. The van der Waals surface area contributed by atoms with E-state index in [1.165, 1.54) is 5.56 Å². The van der Waals surface area contributed by atoms with E-state index in [-0.39, 0.29) is 18.2 Å². The van der Waals surface area contributed by atoms with Crippen molar-refractivity contribution in [3.8, 4) is 5.75 Å². The zero-order valence-electron chi connectivity index (χ0n) is 15.9. The Balaban J connectivity index is 0.00000338. The molecule has 0 aliphatic heterocycles. The van der Waals surface area contributed by atoms with Gasteiger partial charge in [0.25, 0.3) is 0 Å². The van der Waals surface area contributed by atoms with Gasteiger partial charge in [0, 0.05) is 5.56 Å². The number of ketones is 1. The Bertz CT molecular complexity index is 723. The molecule has 3 N–H and O–H groups in total. The van der Waals surface area contributed by atoms with Crippen molar-refractivity contribution >= 4 is 5.78 Å². The third-order valence-electron chi connectivity index (χ3n) is 4.43. The quantitative estimate of drug-likeness (QED) is 0.481. The summed E-state index contributed by atoms with van der Waals surface area (Å²) in [5, 5.41) is 12.5. The average Bonchev–Trinajstić information content (AvgIpc) is 2.57. The van der Waals surface area contributed by atoms with Gasteiger partial charge in [0.05, 0.1) is 20.1 Å². The summed E-state index contributed by atoms with van der Waals surface area (Å²) in [4.78, 5) is 12.2. The smallest absolute Gasteiger partial charge is 0.168 e. The monoisotopic (exact) mass is 377 g/mol. The molecule has 0 amide bonds. The van der Waals surface area contributed by atoms with Crippen LogP contribution in [0.3, 0.4) is 0 Å². The molecule has 0 heterocycles. The van der Waals surface area contributed by atoms with Crippen LogP contribution in [0, 0.1) is 20.8 Å². The zero-order valence-corrected chi connectivity index (χ0v) is 16.6. The fraction of sp³-hybridized carbons (Fsp3) is 0.381. The number of ether oxygens (including phenoxy) is 1. The molecular weight excluding hydrogens is 350 g/mol. The van der Waals surface area contributed by atoms with Crippen LogP contribution in [0.25, 0.3) is 0 Å². The third kappa shape index (κ3) is 5.84. The van der Waals surface area contributed by atoms with E-state index in [1.807, 2.05) is 31.3 Å². The van der Waals surface area contributed by atoms with E-state index < -0.39 is 6.10 Å². The average molecular weight is 378 g/mol. The Hall–Kier alpha value is -1.88. The highest BCUT2D eigenvalue weighted by molar-refractivity contribution is 5.96. The van der Waals surface area contributed by atoms with Gasteiger partial charge in [0.15, 0.2) is 5.78 Å². The summed E-state index contributed by atoms with van der Waals surface area (Å²) in [6, 6.07) is 11.4. The van der Waals surface area contributed by atoms with Crippen LogP contribution in [0.2, 0.25) is 0 Å². The lowest BCUT2D eigenvalue weighted by molar-refractivity contribution is -0.660. The molecule has 0 saturated heterocycles. The number of aliphatic hydroxyl groups is 1. The van der Waals surface area contributed by atoms with Gasteiger partial charge >= 0.3 is 0 Å². The molecule has 2 rings (SSSR count). The third-order valence-corrected chi connectivity index (χ3v) is 4.43. The maximum Gasteiger partial charge on any atom is 0.168 e. The lowest BCUT2D eigenvalue weighted by atomic mass is 9.95. The largest absolute Gasteiger partial charge is 1.00 e. The number of halogens is 1. The second-order valence-corrected chi connectivity index (χ2v) is 6.55. The highest BCUT2D eigenvalue weighted by Crippen LogP contribution is 2.22. The van der Waals surface area contributed by atoms with Crippen LogP contribution in [0.1, 0.15) is 45.1 Å². The zero-order chi connectivity index (χ0) is 18.4. The standard InChI is InChI=1S/C21H27NO3.ClH/c1-14-10-15(2)21(16(3)11-14)20(24)13-22-9-8-19(23)17-6-5-7-18(12-17)25-4;/h5-7,10-12,20,22,24H,8-9,13H2,1-4H3;1H. The molecule has 142 valence electrons. The number of hydrogen-bond acceptors (Lipinski definition) is 3. The number of rotatable bonds is 8. The lowest BCUT2D eigenvalue weighted by Crippen LogP contribution is -3.00. The van der Waals surface area contributed by atoms with Gasteiger partial charge in [-0.1, -0.05) is 29.8 Å². The molecule has 0 fully saturated rings. The van der Waals surface area contributed by atoms with E-state index in [1.54, 1.807) is 19.2 Å². The Labute approximate surface area is 162 Å². The van der Waals surface area contributed by atoms with Gasteiger partial charge in [-0.3, -0.25) is 4.79 Å². The molecule has 26 heavy (non-hydrogen) atoms. The first-order valence-corrected chi connectivity index (χ1v) is 8.67. The molecule has 0 aliphatic carbocycles. The predicted molar refractivity (Wildman–Crippen MR) is 99.2 cm³/mol. The predicted octanol–water partition coefficient (Wildman–Crippen LogP) is -0.506. The van der Waals surface area contributed by atoms with E-state index in [2.05, 4.69) is 19.1 Å². The summed E-state index contributed by atoms with van der Waals surface area (Å²) in [6.45, 7) is 7.33. The first-order valence-electron chi connectivity index (χ1n) is 8.67. The van der Waals surface area contributed by atoms with Crippen molar-refractivity contribution < 1.29 is 32.4 Å². The van der Waals surface area contributed by atoms with Gasteiger partial charge in [0.2, 0.25) is 0 Å². The first-order chi connectivity index (χ1) is 11.9. The van der Waals surface area contributed by atoms with Crippen LogP contribution in [0.4, 0.5) is 0 Å². The van der Waals surface area contributed by atoms with E-state index in [4.69, 9.17) is 4.74 Å². The molecule has 2 aromatic carbocycles. The number of methoxy groups -OCH3 is 1. The number of aliphatic hydroxyl groups excluding tert-OH is 1. The SMILES string of the molecule is COc1cccc(C(=O)CC[NH2+]CC(O)c2c(C)cc(C)cc2C)c1.[Cl-]. The summed E-state index contributed by atoms with van der Waals surface area (Å²) in [6.07, 6.45) is -0.0846. The van der Waals surface area contributed by atoms with Gasteiger partial charge in [-0.2, -0.15) is 0 Å². The van der Waals surface area contributed by atoms with Crippen molar-refractivity contribution in [1.29, 1.82) is 0 Å². The minimum atomic E-state index is -0.521. The molecule has 5 heteroatoms. The lowest BCUT2D eigenvalue weighted by Gasteiger charge is -2.16. The molecule has 0 saturated carbocycles. The van der Waals surface area contributed by atoms with Gasteiger partial charge in [-0.05, 0) is 49.6 Å². The van der Waals surface area contributed by atoms with Crippen molar-refractivity contribution in [3.05, 3.63) is 64.2 Å². The number of benzene rings is 2. The summed E-state index contributed by atoms with van der Waals surface area (Å²) in [5.74, 6) is 0.780. The highest BCUT2D eigenvalue weighted by atomic mass is 35.5. The molecule has 0 aliphatic rings. The Morgan fingerprint density at radius 2 is 1.81 bits per heavy atom. The molecular formula is C21H28ClNO3. The number of hydrogen-bond donors (Lipinski definition) is 2. The van der Waals surface area contributed by atoms with Crippen LogP contribution >= 0.6 is 0 Å². The minimum absolute atomic E-state index is 0. The maximum absolute atomic E-state index is 12.2. The number of Topliss-reactive ketones (excluding diaryl/α,β-unsaturated/α-hetero) is 1. The van der Waals surface area contributed by atoms with E-state index in [0.29, 0.717) is 30.8 Å². The van der Waals surface area contributed by atoms with Gasteiger partial charge in [-0.25, -0.2) is 0 Å². The second-order valence-electron chi connectivity index (χ2n) is 6.55. The summed E-state index contributed by atoms with van der Waals surface area (Å²) in [7, 11) is 1.59. The molecule has 2 aromatic rings. The molecule has 0 spiro atoms. The number of carbonyl (C=O) groups excluding carboxylic acids is 1. The van der Waals surface area contributed by atoms with Crippen LogP contribution in [0.15, 0.2) is 36.4 Å². The van der Waals surface area contributed by atoms with Crippen molar-refractivity contribution in [2.24, 2.45) is 0 Å². The fourth-order valence-electron chi connectivity index (χ4n) is 3.28. The number of nitrogens with two attached hydrogens (primary N) is 1. The fourth-order valence-corrected chi connectivity index (χ4v) is 3.28. The maximum atomic E-state index is 12.2. The van der Waals surface area contributed by atoms with E-state index in [9.17, 15) is 9.90 Å². The molecule has 0 bridgehead atoms.